The van der Waals surface area contributed by atoms with Gasteiger partial charge in [-0.25, -0.2) is 0 Å². The molecule has 3 rings (SSSR count). The van der Waals surface area contributed by atoms with Gasteiger partial charge in [-0.1, -0.05) is 12.1 Å². The quantitative estimate of drug-likeness (QED) is 0.815. The van der Waals surface area contributed by atoms with Crippen molar-refractivity contribution in [3.63, 3.8) is 0 Å². The fourth-order valence-electron chi connectivity index (χ4n) is 3.80. The number of hydrogen-bond donors (Lipinski definition) is 0. The Labute approximate surface area is 142 Å². The predicted octanol–water partition coefficient (Wildman–Crippen LogP) is 1.44. The van der Waals surface area contributed by atoms with Gasteiger partial charge in [0.15, 0.2) is 0 Å². The second kappa shape index (κ2) is 7.09. The van der Waals surface area contributed by atoms with Crippen molar-refractivity contribution in [2.45, 2.75) is 24.0 Å². The predicted molar refractivity (Wildman–Crippen MR) is 88.3 cm³/mol. The van der Waals surface area contributed by atoms with E-state index in [1.807, 2.05) is 12.1 Å². The van der Waals surface area contributed by atoms with E-state index >= 15 is 0 Å². The lowest BCUT2D eigenvalue weighted by Crippen LogP contribution is -2.42. The van der Waals surface area contributed by atoms with E-state index in [1.54, 1.807) is 19.1 Å². The highest BCUT2D eigenvalue weighted by Gasteiger charge is 2.54. The second-order valence-electron chi connectivity index (χ2n) is 6.49. The van der Waals surface area contributed by atoms with Gasteiger partial charge in [-0.15, -0.1) is 0 Å². The number of rotatable bonds is 5. The van der Waals surface area contributed by atoms with E-state index in [2.05, 4.69) is 12.1 Å². The Morgan fingerprint density at radius 2 is 2.21 bits per heavy atom. The molecule has 2 aliphatic rings. The summed E-state index contributed by atoms with van der Waals surface area (Å²) in [6.45, 7) is 1.81. The Kier molecular flexibility index (Phi) is 5.08. The summed E-state index contributed by atoms with van der Waals surface area (Å²) in [5, 5.41) is 0. The van der Waals surface area contributed by atoms with Gasteiger partial charge >= 0.3 is 0 Å². The highest BCUT2D eigenvalue weighted by molar-refractivity contribution is 5.78. The minimum absolute atomic E-state index is 0.0233. The Hall–Kier alpha value is -1.63. The topological polar surface area (TPSA) is 57.2 Å². The summed E-state index contributed by atoms with van der Waals surface area (Å²) in [5.41, 5.74) is 0.758. The third kappa shape index (κ3) is 3.14. The van der Waals surface area contributed by atoms with E-state index < -0.39 is 5.60 Å². The Bertz CT molecular complexity index is 593. The fourth-order valence-corrected chi connectivity index (χ4v) is 3.80. The van der Waals surface area contributed by atoms with Crippen molar-refractivity contribution in [1.82, 2.24) is 4.90 Å². The lowest BCUT2D eigenvalue weighted by atomic mass is 9.87. The zero-order chi connectivity index (χ0) is 17.2. The van der Waals surface area contributed by atoms with E-state index in [4.69, 9.17) is 18.9 Å². The third-order valence-corrected chi connectivity index (χ3v) is 5.07. The average molecular weight is 335 g/mol. The van der Waals surface area contributed by atoms with Crippen LogP contribution in [0.5, 0.6) is 5.75 Å². The van der Waals surface area contributed by atoms with E-state index in [-0.39, 0.29) is 24.5 Å². The maximum Gasteiger partial charge on any atom is 0.248 e. The average Bonchev–Trinajstić information content (AvgIpc) is 3.20. The molecule has 6 nitrogen and oxygen atoms in total. The maximum atomic E-state index is 12.2. The molecule has 2 saturated heterocycles. The molecule has 1 aromatic rings. The molecule has 0 saturated carbocycles. The molecule has 2 heterocycles. The molecule has 6 heteroatoms. The van der Waals surface area contributed by atoms with Gasteiger partial charge in [0, 0.05) is 26.7 Å². The molecule has 1 spiro atoms. The number of carbonyl (C=O) groups is 1. The first kappa shape index (κ1) is 17.2. The van der Waals surface area contributed by atoms with E-state index in [0.29, 0.717) is 19.7 Å². The molecule has 1 aromatic carbocycles. The van der Waals surface area contributed by atoms with Gasteiger partial charge in [0.1, 0.15) is 24.1 Å². The highest BCUT2D eigenvalue weighted by atomic mass is 16.6. The molecular weight excluding hydrogens is 310 g/mol. The number of likely N-dealkylation sites (tertiary alicyclic amines) is 1. The van der Waals surface area contributed by atoms with Crippen molar-refractivity contribution in [1.29, 1.82) is 0 Å². The Balaban J connectivity index is 1.75. The number of nitrogens with zero attached hydrogens (tertiary/aromatic N) is 1. The van der Waals surface area contributed by atoms with Crippen LogP contribution in [-0.2, 0) is 19.0 Å². The number of methoxy groups -OCH3 is 3. The Morgan fingerprint density at radius 3 is 2.92 bits per heavy atom. The molecule has 3 atom stereocenters. The van der Waals surface area contributed by atoms with Crippen LogP contribution in [0.1, 0.15) is 17.9 Å². The number of carbonyl (C=O) groups excluding carboxylic acids is 1. The summed E-state index contributed by atoms with van der Waals surface area (Å²) in [6.07, 6.45) is 0.712. The van der Waals surface area contributed by atoms with Crippen molar-refractivity contribution in [3.8, 4) is 5.75 Å². The van der Waals surface area contributed by atoms with Gasteiger partial charge in [0.25, 0.3) is 0 Å². The molecule has 0 radical (unpaired) electrons. The molecular formula is C18H25NO5. The lowest BCUT2D eigenvalue weighted by molar-refractivity contribution is -0.135. The lowest BCUT2D eigenvalue weighted by Gasteiger charge is -2.28. The number of ether oxygens (including phenoxy) is 4. The minimum atomic E-state index is -0.439. The fraction of sp³-hybridized carbons (Fsp3) is 0.611. The second-order valence-corrected chi connectivity index (χ2v) is 6.49. The molecule has 2 aliphatic heterocycles. The summed E-state index contributed by atoms with van der Waals surface area (Å²) in [6, 6.07) is 8.08. The van der Waals surface area contributed by atoms with Crippen LogP contribution in [0.2, 0.25) is 0 Å². The molecule has 2 fully saturated rings. The van der Waals surface area contributed by atoms with Gasteiger partial charge in [-0.05, 0) is 24.1 Å². The standard InChI is InChI=1S/C18H25NO5/c1-21-11-17(20)19-9-16(23-3)18(12-19)8-14(10-24-18)13-5-4-6-15(7-13)22-2/h4-7,14,16H,8-12H2,1-3H3/t14-,16+,18+/m0/s1. The molecule has 0 aromatic heterocycles. The van der Waals surface area contributed by atoms with E-state index in [1.165, 1.54) is 12.7 Å². The van der Waals surface area contributed by atoms with Gasteiger partial charge in [0.2, 0.25) is 5.91 Å². The first-order valence-corrected chi connectivity index (χ1v) is 8.19. The van der Waals surface area contributed by atoms with Gasteiger partial charge in [0.05, 0.1) is 20.3 Å². The van der Waals surface area contributed by atoms with Crippen molar-refractivity contribution in [2.75, 3.05) is 47.6 Å². The van der Waals surface area contributed by atoms with Crippen LogP contribution in [0.3, 0.4) is 0 Å². The highest BCUT2D eigenvalue weighted by Crippen LogP contribution is 2.43. The smallest absolute Gasteiger partial charge is 0.248 e. The van der Waals surface area contributed by atoms with Crippen molar-refractivity contribution >= 4 is 5.91 Å². The Morgan fingerprint density at radius 1 is 1.38 bits per heavy atom. The summed E-state index contributed by atoms with van der Waals surface area (Å²) in [5.74, 6) is 1.10. The van der Waals surface area contributed by atoms with Crippen LogP contribution in [0.25, 0.3) is 0 Å². The summed E-state index contributed by atoms with van der Waals surface area (Å²) >= 11 is 0. The SMILES string of the molecule is COCC(=O)N1C[C@@H](OC)[C@@]2(C[C@H](c3cccc(OC)c3)CO2)C1. The van der Waals surface area contributed by atoms with Gasteiger partial charge < -0.3 is 23.8 Å². The largest absolute Gasteiger partial charge is 0.497 e. The molecule has 0 bridgehead atoms. The molecule has 1 amide bonds. The summed E-state index contributed by atoms with van der Waals surface area (Å²) < 4.78 is 22.1. The number of hydrogen-bond acceptors (Lipinski definition) is 5. The van der Waals surface area contributed by atoms with Crippen LogP contribution < -0.4 is 4.74 Å². The molecule has 132 valence electrons. The van der Waals surface area contributed by atoms with Crippen molar-refractivity contribution < 1.29 is 23.7 Å². The van der Waals surface area contributed by atoms with Crippen LogP contribution in [0.4, 0.5) is 0 Å². The maximum absolute atomic E-state index is 12.2. The van der Waals surface area contributed by atoms with Crippen molar-refractivity contribution in [2.24, 2.45) is 0 Å². The van der Waals surface area contributed by atoms with Crippen molar-refractivity contribution in [3.05, 3.63) is 29.8 Å². The monoisotopic (exact) mass is 335 g/mol. The van der Waals surface area contributed by atoms with Crippen LogP contribution >= 0.6 is 0 Å². The molecule has 24 heavy (non-hydrogen) atoms. The molecule has 0 aliphatic carbocycles. The first-order chi connectivity index (χ1) is 11.6. The normalized spacial score (nSPS) is 29.4. The summed E-state index contributed by atoms with van der Waals surface area (Å²) in [7, 11) is 4.88. The zero-order valence-corrected chi connectivity index (χ0v) is 14.5. The zero-order valence-electron chi connectivity index (χ0n) is 14.5. The van der Waals surface area contributed by atoms with Gasteiger partial charge in [-0.3, -0.25) is 4.79 Å². The summed E-state index contributed by atoms with van der Waals surface area (Å²) in [4.78, 5) is 13.9. The molecule has 0 unspecified atom stereocenters. The van der Waals surface area contributed by atoms with E-state index in [9.17, 15) is 4.79 Å². The molecule has 0 N–H and O–H groups in total. The minimum Gasteiger partial charge on any atom is -0.497 e. The van der Waals surface area contributed by atoms with E-state index in [0.717, 1.165) is 12.2 Å². The third-order valence-electron chi connectivity index (χ3n) is 5.07. The number of amides is 1. The van der Waals surface area contributed by atoms with Crippen LogP contribution in [-0.4, -0.2) is 70.1 Å². The van der Waals surface area contributed by atoms with Gasteiger partial charge in [-0.2, -0.15) is 0 Å². The van der Waals surface area contributed by atoms with Crippen LogP contribution in [0.15, 0.2) is 24.3 Å². The van der Waals surface area contributed by atoms with Crippen LogP contribution in [0, 0.1) is 0 Å². The first-order valence-electron chi connectivity index (χ1n) is 8.19. The number of benzene rings is 1.